The van der Waals surface area contributed by atoms with Crippen LogP contribution in [0.3, 0.4) is 0 Å². The molecule has 15 heavy (non-hydrogen) atoms. The van der Waals surface area contributed by atoms with E-state index in [-0.39, 0.29) is 5.56 Å². The van der Waals surface area contributed by atoms with Crippen molar-refractivity contribution in [2.24, 2.45) is 0 Å². The molecule has 1 rings (SSSR count). The lowest BCUT2D eigenvalue weighted by Gasteiger charge is -2.13. The SMILES string of the molecule is CCCCC(C)Nc1cc(=O)[nH]c(C)n1. The highest BCUT2D eigenvalue weighted by molar-refractivity contribution is 5.33. The number of hydrogen-bond donors (Lipinski definition) is 2. The molecule has 0 saturated carbocycles. The molecule has 1 aromatic heterocycles. The van der Waals surface area contributed by atoms with Crippen LogP contribution in [-0.2, 0) is 0 Å². The Balaban J connectivity index is 2.60. The third kappa shape index (κ3) is 4.14. The molecule has 0 aliphatic carbocycles. The maximum atomic E-state index is 11.2. The molecular formula is C11H19N3O. The maximum Gasteiger partial charge on any atom is 0.252 e. The normalized spacial score (nSPS) is 12.5. The summed E-state index contributed by atoms with van der Waals surface area (Å²) in [7, 11) is 0. The molecule has 0 radical (unpaired) electrons. The Labute approximate surface area is 90.1 Å². The number of nitrogens with zero attached hydrogens (tertiary/aromatic N) is 1. The summed E-state index contributed by atoms with van der Waals surface area (Å²) in [6.45, 7) is 6.06. The van der Waals surface area contributed by atoms with E-state index in [1.54, 1.807) is 6.92 Å². The van der Waals surface area contributed by atoms with Gasteiger partial charge in [0.15, 0.2) is 0 Å². The fourth-order valence-corrected chi connectivity index (χ4v) is 1.49. The number of unbranched alkanes of at least 4 members (excludes halogenated alkanes) is 1. The molecule has 1 atom stereocenters. The zero-order valence-corrected chi connectivity index (χ0v) is 9.63. The van der Waals surface area contributed by atoms with Gasteiger partial charge in [0.25, 0.3) is 5.56 Å². The highest BCUT2D eigenvalue weighted by Gasteiger charge is 2.03. The fourth-order valence-electron chi connectivity index (χ4n) is 1.49. The van der Waals surface area contributed by atoms with E-state index in [2.05, 4.69) is 29.1 Å². The minimum absolute atomic E-state index is 0.104. The molecule has 1 heterocycles. The van der Waals surface area contributed by atoms with Gasteiger partial charge in [0.1, 0.15) is 11.6 Å². The third-order valence-electron chi connectivity index (χ3n) is 2.25. The minimum atomic E-state index is -0.104. The zero-order chi connectivity index (χ0) is 11.3. The number of hydrogen-bond acceptors (Lipinski definition) is 3. The summed E-state index contributed by atoms with van der Waals surface area (Å²) in [4.78, 5) is 18.0. The number of aromatic amines is 1. The first-order valence-electron chi connectivity index (χ1n) is 5.46. The molecule has 0 aliphatic heterocycles. The van der Waals surface area contributed by atoms with Gasteiger partial charge in [-0.25, -0.2) is 4.98 Å². The first-order valence-corrected chi connectivity index (χ1v) is 5.46. The molecule has 4 nitrogen and oxygen atoms in total. The zero-order valence-electron chi connectivity index (χ0n) is 9.63. The topological polar surface area (TPSA) is 57.8 Å². The van der Waals surface area contributed by atoms with Crippen LogP contribution in [0.2, 0.25) is 0 Å². The van der Waals surface area contributed by atoms with Crippen LogP contribution in [0, 0.1) is 6.92 Å². The van der Waals surface area contributed by atoms with Gasteiger partial charge < -0.3 is 10.3 Å². The van der Waals surface area contributed by atoms with Gasteiger partial charge >= 0.3 is 0 Å². The van der Waals surface area contributed by atoms with Crippen LogP contribution in [0.1, 0.15) is 38.9 Å². The number of H-pyrrole nitrogens is 1. The molecule has 1 aromatic rings. The van der Waals surface area contributed by atoms with E-state index < -0.39 is 0 Å². The Morgan fingerprint density at radius 1 is 1.60 bits per heavy atom. The summed E-state index contributed by atoms with van der Waals surface area (Å²) in [5, 5.41) is 3.23. The van der Waals surface area contributed by atoms with Crippen molar-refractivity contribution in [3.05, 3.63) is 22.2 Å². The van der Waals surface area contributed by atoms with Crippen molar-refractivity contribution < 1.29 is 0 Å². The second kappa shape index (κ2) is 5.53. The van der Waals surface area contributed by atoms with Crippen LogP contribution < -0.4 is 10.9 Å². The Hall–Kier alpha value is -1.32. The van der Waals surface area contributed by atoms with Crippen LogP contribution in [0.25, 0.3) is 0 Å². The van der Waals surface area contributed by atoms with Gasteiger partial charge in [-0.15, -0.1) is 0 Å². The summed E-state index contributed by atoms with van der Waals surface area (Å²) in [5.41, 5.74) is -0.104. The number of rotatable bonds is 5. The molecule has 1 unspecified atom stereocenters. The highest BCUT2D eigenvalue weighted by atomic mass is 16.1. The van der Waals surface area contributed by atoms with Gasteiger partial charge in [0.05, 0.1) is 0 Å². The summed E-state index contributed by atoms with van der Waals surface area (Å²) < 4.78 is 0. The van der Waals surface area contributed by atoms with E-state index in [0.29, 0.717) is 17.7 Å². The van der Waals surface area contributed by atoms with Crippen molar-refractivity contribution >= 4 is 5.82 Å². The molecule has 0 aliphatic rings. The molecular weight excluding hydrogens is 190 g/mol. The van der Waals surface area contributed by atoms with Crippen LogP contribution in [0.15, 0.2) is 10.9 Å². The van der Waals surface area contributed by atoms with Gasteiger partial charge in [-0.1, -0.05) is 19.8 Å². The van der Waals surface area contributed by atoms with Crippen molar-refractivity contribution in [1.82, 2.24) is 9.97 Å². The van der Waals surface area contributed by atoms with E-state index in [1.165, 1.54) is 18.9 Å². The third-order valence-corrected chi connectivity index (χ3v) is 2.25. The van der Waals surface area contributed by atoms with E-state index in [9.17, 15) is 4.79 Å². The second-order valence-corrected chi connectivity index (χ2v) is 3.90. The molecule has 0 bridgehead atoms. The Kier molecular flexibility index (Phi) is 4.34. The molecule has 0 aromatic carbocycles. The van der Waals surface area contributed by atoms with Gasteiger partial charge in [0, 0.05) is 12.1 Å². The van der Waals surface area contributed by atoms with Gasteiger partial charge in [-0.2, -0.15) is 0 Å². The van der Waals surface area contributed by atoms with E-state index >= 15 is 0 Å². The minimum Gasteiger partial charge on any atom is -0.367 e. The standard InChI is InChI=1S/C11H19N3O/c1-4-5-6-8(2)12-10-7-11(15)14-9(3)13-10/h7-8H,4-6H2,1-3H3,(H2,12,13,14,15). The summed E-state index contributed by atoms with van der Waals surface area (Å²) in [6.07, 6.45) is 3.48. The molecule has 2 N–H and O–H groups in total. The number of aryl methyl sites for hydroxylation is 1. The lowest BCUT2D eigenvalue weighted by Crippen LogP contribution is -2.19. The smallest absolute Gasteiger partial charge is 0.252 e. The Bertz CT molecular complexity index is 359. The first-order chi connectivity index (χ1) is 7.11. The quantitative estimate of drug-likeness (QED) is 0.780. The number of nitrogens with one attached hydrogen (secondary N) is 2. The number of aromatic nitrogens is 2. The van der Waals surface area contributed by atoms with E-state index in [1.807, 2.05) is 0 Å². The van der Waals surface area contributed by atoms with Crippen molar-refractivity contribution in [3.8, 4) is 0 Å². The van der Waals surface area contributed by atoms with Crippen molar-refractivity contribution in [1.29, 1.82) is 0 Å². The fraction of sp³-hybridized carbons (Fsp3) is 0.636. The molecule has 84 valence electrons. The monoisotopic (exact) mass is 209 g/mol. The summed E-state index contributed by atoms with van der Waals surface area (Å²) >= 11 is 0. The number of anilines is 1. The average molecular weight is 209 g/mol. The van der Waals surface area contributed by atoms with Crippen LogP contribution >= 0.6 is 0 Å². The molecule has 0 amide bonds. The van der Waals surface area contributed by atoms with Crippen LogP contribution in [0.5, 0.6) is 0 Å². The van der Waals surface area contributed by atoms with Gasteiger partial charge in [-0.05, 0) is 20.3 Å². The Morgan fingerprint density at radius 3 is 2.93 bits per heavy atom. The van der Waals surface area contributed by atoms with Crippen LogP contribution in [-0.4, -0.2) is 16.0 Å². The van der Waals surface area contributed by atoms with Gasteiger partial charge in [0.2, 0.25) is 0 Å². The predicted molar refractivity (Wildman–Crippen MR) is 62.2 cm³/mol. The van der Waals surface area contributed by atoms with Crippen LogP contribution in [0.4, 0.5) is 5.82 Å². The summed E-state index contributed by atoms with van der Waals surface area (Å²) in [6, 6.07) is 1.86. The van der Waals surface area contributed by atoms with Gasteiger partial charge in [-0.3, -0.25) is 4.79 Å². The summed E-state index contributed by atoms with van der Waals surface area (Å²) in [5.74, 6) is 1.31. The van der Waals surface area contributed by atoms with Crippen molar-refractivity contribution in [2.45, 2.75) is 46.1 Å². The molecule has 0 saturated heterocycles. The Morgan fingerprint density at radius 2 is 2.33 bits per heavy atom. The highest BCUT2D eigenvalue weighted by Crippen LogP contribution is 2.06. The molecule has 0 fully saturated rings. The van der Waals surface area contributed by atoms with Crippen molar-refractivity contribution in [2.75, 3.05) is 5.32 Å². The average Bonchev–Trinajstić information content (AvgIpc) is 2.13. The first kappa shape index (κ1) is 11.8. The lowest BCUT2D eigenvalue weighted by atomic mass is 10.1. The second-order valence-electron chi connectivity index (χ2n) is 3.90. The molecule has 4 heteroatoms. The van der Waals surface area contributed by atoms with E-state index in [4.69, 9.17) is 0 Å². The lowest BCUT2D eigenvalue weighted by molar-refractivity contribution is 0.642. The largest absolute Gasteiger partial charge is 0.367 e. The predicted octanol–water partition coefficient (Wildman–Crippen LogP) is 2.07. The van der Waals surface area contributed by atoms with Crippen molar-refractivity contribution in [3.63, 3.8) is 0 Å². The molecule has 0 spiro atoms. The maximum absolute atomic E-state index is 11.2. The van der Waals surface area contributed by atoms with E-state index in [0.717, 1.165) is 6.42 Å².